The molecule has 1 aromatic rings. The van der Waals surface area contributed by atoms with Gasteiger partial charge in [-0.05, 0) is 54.7 Å². The number of methoxy groups -OCH3 is 1. The van der Waals surface area contributed by atoms with Crippen LogP contribution in [-0.2, 0) is 11.3 Å². The molecule has 2 aliphatic rings. The molecular weight excluding hydrogens is 302 g/mol. The smallest absolute Gasteiger partial charge is 0.220 e. The molecule has 0 spiro atoms. The molecule has 2 aliphatic carbocycles. The molecular formula is C20H25NO3. The second-order valence-corrected chi connectivity index (χ2v) is 6.89. The number of carbonyl (C=O) groups is 1. The molecule has 0 aromatic heterocycles. The maximum absolute atomic E-state index is 12.2. The Labute approximate surface area is 143 Å². The van der Waals surface area contributed by atoms with Crippen molar-refractivity contribution in [3.63, 3.8) is 0 Å². The summed E-state index contributed by atoms with van der Waals surface area (Å²) in [6.45, 7) is 0.687. The van der Waals surface area contributed by atoms with Gasteiger partial charge in [-0.15, -0.1) is 6.42 Å². The lowest BCUT2D eigenvalue weighted by Crippen LogP contribution is -2.26. The summed E-state index contributed by atoms with van der Waals surface area (Å²) < 4.78 is 10.8. The van der Waals surface area contributed by atoms with E-state index in [2.05, 4.69) is 11.2 Å². The molecule has 0 aliphatic heterocycles. The number of rotatable bonds is 7. The minimum absolute atomic E-state index is 0.148. The number of benzene rings is 1. The Morgan fingerprint density at radius 1 is 1.33 bits per heavy atom. The summed E-state index contributed by atoms with van der Waals surface area (Å²) in [6, 6.07) is 5.64. The van der Waals surface area contributed by atoms with Gasteiger partial charge >= 0.3 is 0 Å². The Kier molecular flexibility index (Phi) is 5.30. The zero-order valence-electron chi connectivity index (χ0n) is 14.2. The summed E-state index contributed by atoms with van der Waals surface area (Å²) in [5.41, 5.74) is 0.976. The molecule has 24 heavy (non-hydrogen) atoms. The van der Waals surface area contributed by atoms with Gasteiger partial charge in [-0.25, -0.2) is 0 Å². The number of terminal acetylenes is 1. The molecule has 4 nitrogen and oxygen atoms in total. The van der Waals surface area contributed by atoms with Crippen molar-refractivity contribution in [3.05, 3.63) is 23.8 Å². The highest BCUT2D eigenvalue weighted by atomic mass is 16.5. The lowest BCUT2D eigenvalue weighted by atomic mass is 9.86. The maximum atomic E-state index is 12.2. The molecule has 3 rings (SSSR count). The maximum Gasteiger partial charge on any atom is 0.220 e. The van der Waals surface area contributed by atoms with Gasteiger partial charge in [0.1, 0.15) is 6.61 Å². The van der Waals surface area contributed by atoms with Crippen molar-refractivity contribution in [3.8, 4) is 23.8 Å². The van der Waals surface area contributed by atoms with Crippen LogP contribution in [0.5, 0.6) is 11.5 Å². The van der Waals surface area contributed by atoms with E-state index >= 15 is 0 Å². The van der Waals surface area contributed by atoms with Gasteiger partial charge in [-0.1, -0.05) is 18.4 Å². The monoisotopic (exact) mass is 327 g/mol. The predicted octanol–water partition coefficient (Wildman–Crippen LogP) is 3.15. The van der Waals surface area contributed by atoms with E-state index in [-0.39, 0.29) is 12.5 Å². The Bertz CT molecular complexity index is 634. The first-order valence-electron chi connectivity index (χ1n) is 8.69. The second kappa shape index (κ2) is 7.61. The molecule has 2 saturated carbocycles. The Balaban J connectivity index is 1.52. The van der Waals surface area contributed by atoms with Gasteiger partial charge in [0.25, 0.3) is 0 Å². The zero-order chi connectivity index (χ0) is 16.9. The van der Waals surface area contributed by atoms with Crippen LogP contribution < -0.4 is 14.8 Å². The number of fused-ring (bicyclic) bond motifs is 2. The molecule has 0 saturated heterocycles. The van der Waals surface area contributed by atoms with Crippen LogP contribution in [-0.4, -0.2) is 19.6 Å². The molecule has 1 aromatic carbocycles. The van der Waals surface area contributed by atoms with E-state index in [1.807, 2.05) is 18.2 Å². The number of nitrogens with one attached hydrogen (secondary N) is 1. The first-order chi connectivity index (χ1) is 11.7. The van der Waals surface area contributed by atoms with Gasteiger partial charge in [0.15, 0.2) is 11.5 Å². The summed E-state index contributed by atoms with van der Waals surface area (Å²) in [7, 11) is 1.59. The predicted molar refractivity (Wildman–Crippen MR) is 92.7 cm³/mol. The van der Waals surface area contributed by atoms with E-state index in [9.17, 15) is 4.79 Å². The summed E-state index contributed by atoms with van der Waals surface area (Å²) in [5.74, 6) is 6.09. The third kappa shape index (κ3) is 3.84. The van der Waals surface area contributed by atoms with Crippen LogP contribution in [0.1, 0.15) is 37.7 Å². The van der Waals surface area contributed by atoms with Crippen LogP contribution in [0.2, 0.25) is 0 Å². The molecule has 0 radical (unpaired) electrons. The third-order valence-corrected chi connectivity index (χ3v) is 5.36. The highest BCUT2D eigenvalue weighted by Crippen LogP contribution is 2.49. The van der Waals surface area contributed by atoms with Crippen LogP contribution in [0.4, 0.5) is 0 Å². The fourth-order valence-corrected chi connectivity index (χ4v) is 4.20. The molecule has 2 bridgehead atoms. The van der Waals surface area contributed by atoms with Crippen molar-refractivity contribution >= 4 is 5.91 Å². The van der Waals surface area contributed by atoms with Crippen molar-refractivity contribution in [1.29, 1.82) is 0 Å². The SMILES string of the molecule is C#CCOc1cc(CNC(=O)CC2CC3CCC2C3)ccc1OC. The number of hydrogen-bond donors (Lipinski definition) is 1. The van der Waals surface area contributed by atoms with Gasteiger partial charge in [-0.2, -0.15) is 0 Å². The lowest BCUT2D eigenvalue weighted by Gasteiger charge is -2.21. The van der Waals surface area contributed by atoms with Gasteiger partial charge < -0.3 is 14.8 Å². The van der Waals surface area contributed by atoms with E-state index in [0.717, 1.165) is 17.4 Å². The summed E-state index contributed by atoms with van der Waals surface area (Å²) >= 11 is 0. The van der Waals surface area contributed by atoms with Gasteiger partial charge in [0, 0.05) is 13.0 Å². The quantitative estimate of drug-likeness (QED) is 0.783. The normalized spacial score (nSPS) is 24.4. The number of carbonyl (C=O) groups excluding carboxylic acids is 1. The number of hydrogen-bond acceptors (Lipinski definition) is 3. The standard InChI is InChI=1S/C20H25NO3/c1-3-8-24-19-11-15(5-7-18(19)23-2)13-21-20(22)12-17-10-14-4-6-16(17)9-14/h1,5,7,11,14,16-17H,4,6,8-10,12-13H2,2H3,(H,21,22). The van der Waals surface area contributed by atoms with Crippen molar-refractivity contribution < 1.29 is 14.3 Å². The first kappa shape index (κ1) is 16.7. The van der Waals surface area contributed by atoms with E-state index in [4.69, 9.17) is 15.9 Å². The highest BCUT2D eigenvalue weighted by Gasteiger charge is 2.39. The Morgan fingerprint density at radius 2 is 2.21 bits per heavy atom. The van der Waals surface area contributed by atoms with Gasteiger partial charge in [0.2, 0.25) is 5.91 Å². The minimum atomic E-state index is 0.148. The van der Waals surface area contributed by atoms with Crippen LogP contribution in [0.25, 0.3) is 0 Å². The Morgan fingerprint density at radius 3 is 2.88 bits per heavy atom. The molecule has 3 atom stereocenters. The zero-order valence-corrected chi connectivity index (χ0v) is 14.2. The fourth-order valence-electron chi connectivity index (χ4n) is 4.20. The number of amides is 1. The Hall–Kier alpha value is -2.15. The first-order valence-corrected chi connectivity index (χ1v) is 8.69. The van der Waals surface area contributed by atoms with E-state index < -0.39 is 0 Å². The molecule has 0 heterocycles. The van der Waals surface area contributed by atoms with E-state index in [1.54, 1.807) is 7.11 Å². The molecule has 1 N–H and O–H groups in total. The summed E-state index contributed by atoms with van der Waals surface area (Å²) in [4.78, 5) is 12.2. The van der Waals surface area contributed by atoms with Crippen LogP contribution in [0.15, 0.2) is 18.2 Å². The molecule has 2 fully saturated rings. The minimum Gasteiger partial charge on any atom is -0.493 e. The van der Waals surface area contributed by atoms with Crippen molar-refractivity contribution in [2.45, 2.75) is 38.6 Å². The van der Waals surface area contributed by atoms with Crippen molar-refractivity contribution in [1.82, 2.24) is 5.32 Å². The van der Waals surface area contributed by atoms with Crippen LogP contribution >= 0.6 is 0 Å². The molecule has 128 valence electrons. The molecule has 4 heteroatoms. The van der Waals surface area contributed by atoms with E-state index in [1.165, 1.54) is 25.7 Å². The average Bonchev–Trinajstić information content (AvgIpc) is 3.21. The van der Waals surface area contributed by atoms with Gasteiger partial charge in [-0.3, -0.25) is 4.79 Å². The highest BCUT2D eigenvalue weighted by molar-refractivity contribution is 5.76. The fraction of sp³-hybridized carbons (Fsp3) is 0.550. The third-order valence-electron chi connectivity index (χ3n) is 5.36. The van der Waals surface area contributed by atoms with E-state index in [0.29, 0.717) is 30.4 Å². The average molecular weight is 327 g/mol. The van der Waals surface area contributed by atoms with Crippen LogP contribution in [0.3, 0.4) is 0 Å². The largest absolute Gasteiger partial charge is 0.493 e. The molecule has 1 amide bonds. The molecule has 3 unspecified atom stereocenters. The summed E-state index contributed by atoms with van der Waals surface area (Å²) in [5, 5.41) is 3.03. The lowest BCUT2D eigenvalue weighted by molar-refractivity contribution is -0.122. The second-order valence-electron chi connectivity index (χ2n) is 6.89. The van der Waals surface area contributed by atoms with Gasteiger partial charge in [0.05, 0.1) is 7.11 Å². The topological polar surface area (TPSA) is 47.6 Å². The summed E-state index contributed by atoms with van der Waals surface area (Å²) in [6.07, 6.45) is 11.2. The van der Waals surface area contributed by atoms with Crippen LogP contribution in [0, 0.1) is 30.1 Å². The van der Waals surface area contributed by atoms with Crippen molar-refractivity contribution in [2.75, 3.05) is 13.7 Å². The number of ether oxygens (including phenoxy) is 2. The van der Waals surface area contributed by atoms with Crippen molar-refractivity contribution in [2.24, 2.45) is 17.8 Å².